The lowest BCUT2D eigenvalue weighted by Gasteiger charge is -2.33. The van der Waals surface area contributed by atoms with Gasteiger partial charge in [0.2, 0.25) is 0 Å². The first-order valence-corrected chi connectivity index (χ1v) is 12.4. The van der Waals surface area contributed by atoms with Gasteiger partial charge in [0.05, 0.1) is 4.90 Å². The van der Waals surface area contributed by atoms with Crippen LogP contribution in [0.15, 0.2) is 57.9 Å². The average molecular weight is 494 g/mol. The van der Waals surface area contributed by atoms with Crippen molar-refractivity contribution in [3.05, 3.63) is 58.6 Å². The number of amides is 1. The number of hydrogen-bond donors (Lipinski definition) is 2. The highest BCUT2D eigenvalue weighted by atomic mass is 79.9. The Balaban J connectivity index is 1.61. The molecule has 1 amide bonds. The molecule has 0 bridgehead atoms. The molecular formula is C22H28BrN3O3S. The van der Waals surface area contributed by atoms with Crippen LogP contribution in [0.5, 0.6) is 0 Å². The van der Waals surface area contributed by atoms with Crippen molar-refractivity contribution < 1.29 is 13.2 Å². The number of anilines is 1. The van der Waals surface area contributed by atoms with E-state index in [2.05, 4.69) is 44.7 Å². The van der Waals surface area contributed by atoms with E-state index in [9.17, 15) is 13.2 Å². The van der Waals surface area contributed by atoms with Crippen LogP contribution in [0.25, 0.3) is 0 Å². The highest BCUT2D eigenvalue weighted by Crippen LogP contribution is 2.20. The molecular weight excluding hydrogens is 466 g/mol. The van der Waals surface area contributed by atoms with E-state index >= 15 is 0 Å². The van der Waals surface area contributed by atoms with Crippen molar-refractivity contribution in [3.8, 4) is 0 Å². The molecule has 30 heavy (non-hydrogen) atoms. The fourth-order valence-electron chi connectivity index (χ4n) is 3.60. The van der Waals surface area contributed by atoms with Crippen LogP contribution in [-0.4, -0.2) is 44.9 Å². The van der Waals surface area contributed by atoms with E-state index in [1.54, 1.807) is 36.4 Å². The zero-order valence-corrected chi connectivity index (χ0v) is 19.7. The van der Waals surface area contributed by atoms with Crippen molar-refractivity contribution in [3.63, 3.8) is 0 Å². The molecule has 0 radical (unpaired) electrons. The summed E-state index contributed by atoms with van der Waals surface area (Å²) in [5.74, 6) is 0.460. The first-order valence-electron chi connectivity index (χ1n) is 10.1. The monoisotopic (exact) mass is 493 g/mol. The number of piperidine rings is 1. The van der Waals surface area contributed by atoms with Gasteiger partial charge in [0, 0.05) is 41.4 Å². The molecule has 1 fully saturated rings. The second kappa shape index (κ2) is 9.94. The quantitative estimate of drug-likeness (QED) is 0.608. The number of rotatable bonds is 7. The average Bonchev–Trinajstić information content (AvgIpc) is 2.69. The number of sulfonamides is 1. The maximum absolute atomic E-state index is 12.7. The number of likely N-dealkylation sites (tertiary alicyclic amines) is 1. The third-order valence-corrected chi connectivity index (χ3v) is 6.97. The second-order valence-electron chi connectivity index (χ2n) is 8.08. The minimum atomic E-state index is -3.72. The van der Waals surface area contributed by atoms with Crippen LogP contribution < -0.4 is 10.0 Å². The van der Waals surface area contributed by atoms with Gasteiger partial charge in [0.25, 0.3) is 15.9 Å². The van der Waals surface area contributed by atoms with Crippen LogP contribution in [0.1, 0.15) is 37.0 Å². The Morgan fingerprint density at radius 3 is 2.43 bits per heavy atom. The predicted octanol–water partition coefficient (Wildman–Crippen LogP) is 4.10. The molecule has 8 heteroatoms. The number of nitrogens with one attached hydrogen (secondary N) is 2. The number of carbonyl (C=O) groups excluding carboxylic acids is 1. The van der Waals surface area contributed by atoms with Gasteiger partial charge in [0.15, 0.2) is 0 Å². The van der Waals surface area contributed by atoms with E-state index in [1.165, 1.54) is 12.1 Å². The van der Waals surface area contributed by atoms with Crippen molar-refractivity contribution in [2.45, 2.75) is 37.6 Å². The number of benzene rings is 2. The zero-order valence-electron chi connectivity index (χ0n) is 17.3. The summed E-state index contributed by atoms with van der Waals surface area (Å²) in [7, 11) is -3.72. The summed E-state index contributed by atoms with van der Waals surface area (Å²) in [6.45, 7) is 7.48. The maximum Gasteiger partial charge on any atom is 0.261 e. The standard InChI is InChI=1S/C22H28BrN3O3S/c1-16(2)15-26-12-10-19(11-13-26)24-22(27)17-4-3-5-20(14-17)25-30(28,29)21-8-6-18(23)7-9-21/h3-9,14,16,19,25H,10-13,15H2,1-2H3,(H,24,27). The summed E-state index contributed by atoms with van der Waals surface area (Å²) in [4.78, 5) is 15.3. The summed E-state index contributed by atoms with van der Waals surface area (Å²) in [6, 6.07) is 13.1. The normalized spacial score (nSPS) is 15.9. The molecule has 0 saturated carbocycles. The van der Waals surface area contributed by atoms with Gasteiger partial charge >= 0.3 is 0 Å². The first kappa shape index (κ1) is 22.8. The highest BCUT2D eigenvalue weighted by Gasteiger charge is 2.22. The Hall–Kier alpha value is -1.90. The van der Waals surface area contributed by atoms with Gasteiger partial charge < -0.3 is 10.2 Å². The Bertz CT molecular complexity index is 969. The van der Waals surface area contributed by atoms with Gasteiger partial charge in [-0.1, -0.05) is 35.8 Å². The van der Waals surface area contributed by atoms with Crippen molar-refractivity contribution >= 4 is 37.5 Å². The molecule has 1 aliphatic rings. The summed E-state index contributed by atoms with van der Waals surface area (Å²) in [5, 5.41) is 3.09. The van der Waals surface area contributed by atoms with E-state index in [4.69, 9.17) is 0 Å². The Morgan fingerprint density at radius 1 is 1.13 bits per heavy atom. The molecule has 2 N–H and O–H groups in total. The largest absolute Gasteiger partial charge is 0.349 e. The van der Waals surface area contributed by atoms with Crippen molar-refractivity contribution in [2.75, 3.05) is 24.4 Å². The molecule has 0 aromatic heterocycles. The van der Waals surface area contributed by atoms with Crippen LogP contribution in [-0.2, 0) is 10.0 Å². The van der Waals surface area contributed by atoms with Gasteiger partial charge in [0.1, 0.15) is 0 Å². The molecule has 2 aromatic rings. The van der Waals surface area contributed by atoms with E-state index in [0.717, 1.165) is 36.9 Å². The summed E-state index contributed by atoms with van der Waals surface area (Å²) in [6.07, 6.45) is 1.85. The smallest absolute Gasteiger partial charge is 0.261 e. The molecule has 0 aliphatic carbocycles. The van der Waals surface area contributed by atoms with Crippen molar-refractivity contribution in [1.29, 1.82) is 0 Å². The predicted molar refractivity (Wildman–Crippen MR) is 123 cm³/mol. The fraction of sp³-hybridized carbons (Fsp3) is 0.409. The summed E-state index contributed by atoms with van der Waals surface area (Å²) >= 11 is 3.30. The second-order valence-corrected chi connectivity index (χ2v) is 10.7. The van der Waals surface area contributed by atoms with E-state index in [1.807, 2.05) is 0 Å². The lowest BCUT2D eigenvalue weighted by atomic mass is 10.0. The van der Waals surface area contributed by atoms with E-state index < -0.39 is 10.0 Å². The van der Waals surface area contributed by atoms with Crippen LogP contribution in [0.4, 0.5) is 5.69 Å². The molecule has 0 spiro atoms. The van der Waals surface area contributed by atoms with Crippen LogP contribution in [0.3, 0.4) is 0 Å². The lowest BCUT2D eigenvalue weighted by Crippen LogP contribution is -2.45. The summed E-state index contributed by atoms with van der Waals surface area (Å²) in [5.41, 5.74) is 0.799. The van der Waals surface area contributed by atoms with Crippen LogP contribution in [0.2, 0.25) is 0 Å². The van der Waals surface area contributed by atoms with Gasteiger partial charge in [-0.05, 0) is 61.2 Å². The molecule has 1 saturated heterocycles. The molecule has 1 aliphatic heterocycles. The molecule has 6 nitrogen and oxygen atoms in total. The lowest BCUT2D eigenvalue weighted by molar-refractivity contribution is 0.0907. The van der Waals surface area contributed by atoms with E-state index in [0.29, 0.717) is 17.2 Å². The minimum Gasteiger partial charge on any atom is -0.349 e. The van der Waals surface area contributed by atoms with Gasteiger partial charge in [-0.2, -0.15) is 0 Å². The summed E-state index contributed by atoms with van der Waals surface area (Å²) < 4.78 is 28.5. The third kappa shape index (κ3) is 6.30. The minimum absolute atomic E-state index is 0.143. The molecule has 1 heterocycles. The molecule has 3 rings (SSSR count). The number of hydrogen-bond acceptors (Lipinski definition) is 4. The Kier molecular flexibility index (Phi) is 7.55. The van der Waals surface area contributed by atoms with Gasteiger partial charge in [-0.15, -0.1) is 0 Å². The highest BCUT2D eigenvalue weighted by molar-refractivity contribution is 9.10. The molecule has 162 valence electrons. The first-order chi connectivity index (χ1) is 14.2. The number of carbonyl (C=O) groups is 1. The van der Waals surface area contributed by atoms with Crippen molar-refractivity contribution in [1.82, 2.24) is 10.2 Å². The van der Waals surface area contributed by atoms with E-state index in [-0.39, 0.29) is 16.8 Å². The zero-order chi connectivity index (χ0) is 21.7. The third-order valence-electron chi connectivity index (χ3n) is 5.05. The Labute approximate surface area is 187 Å². The number of nitrogens with zero attached hydrogens (tertiary/aromatic N) is 1. The maximum atomic E-state index is 12.7. The Morgan fingerprint density at radius 2 is 1.80 bits per heavy atom. The van der Waals surface area contributed by atoms with Crippen molar-refractivity contribution in [2.24, 2.45) is 5.92 Å². The SMILES string of the molecule is CC(C)CN1CCC(NC(=O)c2cccc(NS(=O)(=O)c3ccc(Br)cc3)c2)CC1. The topological polar surface area (TPSA) is 78.5 Å². The number of halogens is 1. The van der Waals surface area contributed by atoms with Gasteiger partial charge in [-0.25, -0.2) is 8.42 Å². The van der Waals surface area contributed by atoms with Crippen LogP contribution in [0, 0.1) is 5.92 Å². The molecule has 0 unspecified atom stereocenters. The van der Waals surface area contributed by atoms with Crippen LogP contribution >= 0.6 is 15.9 Å². The molecule has 2 aromatic carbocycles. The fourth-order valence-corrected chi connectivity index (χ4v) is 4.91. The molecule has 0 atom stereocenters. The van der Waals surface area contributed by atoms with Gasteiger partial charge in [-0.3, -0.25) is 9.52 Å².